The summed E-state index contributed by atoms with van der Waals surface area (Å²) in [6, 6.07) is 11.9. The van der Waals surface area contributed by atoms with Gasteiger partial charge in [-0.25, -0.2) is 9.18 Å². The molecule has 0 N–H and O–H groups in total. The van der Waals surface area contributed by atoms with Gasteiger partial charge in [0.05, 0.1) is 18.8 Å². The van der Waals surface area contributed by atoms with Crippen molar-refractivity contribution in [2.75, 3.05) is 11.4 Å². The van der Waals surface area contributed by atoms with E-state index in [0.29, 0.717) is 23.4 Å². The number of cyclic esters (lactones) is 1. The van der Waals surface area contributed by atoms with Gasteiger partial charge in [0.1, 0.15) is 11.9 Å². The predicted octanol–water partition coefficient (Wildman–Crippen LogP) is 5.04. The van der Waals surface area contributed by atoms with Crippen molar-refractivity contribution in [1.82, 2.24) is 0 Å². The highest BCUT2D eigenvalue weighted by atomic mass is 19.1. The monoisotopic (exact) mass is 340 g/mol. The van der Waals surface area contributed by atoms with Crippen molar-refractivity contribution < 1.29 is 13.9 Å². The van der Waals surface area contributed by atoms with E-state index in [4.69, 9.17) is 10.3 Å². The molecule has 2 aromatic carbocycles. The van der Waals surface area contributed by atoms with Gasteiger partial charge in [-0.15, -0.1) is 0 Å². The maximum Gasteiger partial charge on any atom is 0.414 e. The number of rotatable bonds is 5. The van der Waals surface area contributed by atoms with Crippen LogP contribution in [0.25, 0.3) is 21.6 Å². The lowest BCUT2D eigenvalue weighted by atomic mass is 10.0. The Morgan fingerprint density at radius 3 is 2.68 bits per heavy atom. The van der Waals surface area contributed by atoms with E-state index >= 15 is 0 Å². The number of halogens is 1. The lowest BCUT2D eigenvalue weighted by Crippen LogP contribution is -2.24. The second-order valence-electron chi connectivity index (χ2n) is 5.77. The Hall–Kier alpha value is -3.05. The summed E-state index contributed by atoms with van der Waals surface area (Å²) in [5.41, 5.74) is 10.8. The van der Waals surface area contributed by atoms with Gasteiger partial charge < -0.3 is 4.74 Å². The van der Waals surface area contributed by atoms with Crippen LogP contribution in [-0.2, 0) is 11.3 Å². The van der Waals surface area contributed by atoms with Crippen molar-refractivity contribution in [2.45, 2.75) is 26.0 Å². The number of hydrogen-bond acceptors (Lipinski definition) is 3. The van der Waals surface area contributed by atoms with Crippen molar-refractivity contribution >= 4 is 11.8 Å². The van der Waals surface area contributed by atoms with E-state index in [9.17, 15) is 9.18 Å². The lowest BCUT2D eigenvalue weighted by Gasteiger charge is -2.14. The minimum absolute atomic E-state index is 0.154. The Kier molecular flexibility index (Phi) is 4.86. The van der Waals surface area contributed by atoms with Crippen LogP contribution < -0.4 is 4.90 Å². The number of anilines is 1. The van der Waals surface area contributed by atoms with E-state index in [1.165, 1.54) is 11.0 Å². The molecule has 0 aromatic heterocycles. The Morgan fingerprint density at radius 1 is 1.32 bits per heavy atom. The standard InChI is InChI=1S/C18H17FN4O2/c1-2-15-11-23(18(24)25-15)14-7-8-16(17(19)9-14)13-5-3-12(4-6-13)10-21-22-20/h3-9,15H,2,10-11H2,1H3/t15-/m0/s1. The summed E-state index contributed by atoms with van der Waals surface area (Å²) in [6.45, 7) is 2.63. The van der Waals surface area contributed by atoms with Crippen LogP contribution in [0, 0.1) is 5.82 Å². The molecule has 128 valence electrons. The molecule has 0 spiro atoms. The first kappa shape index (κ1) is 16.8. The average Bonchev–Trinajstić information content (AvgIpc) is 3.01. The normalized spacial score (nSPS) is 16.5. The minimum Gasteiger partial charge on any atom is -0.444 e. The van der Waals surface area contributed by atoms with Crippen LogP contribution in [0.3, 0.4) is 0 Å². The van der Waals surface area contributed by atoms with Crippen molar-refractivity contribution in [3.63, 3.8) is 0 Å². The number of azide groups is 1. The van der Waals surface area contributed by atoms with E-state index in [-0.39, 0.29) is 12.6 Å². The molecule has 1 aliphatic heterocycles. The fourth-order valence-corrected chi connectivity index (χ4v) is 2.75. The molecule has 0 unspecified atom stereocenters. The minimum atomic E-state index is -0.443. The molecule has 25 heavy (non-hydrogen) atoms. The lowest BCUT2D eigenvalue weighted by molar-refractivity contribution is 0.139. The highest BCUT2D eigenvalue weighted by Crippen LogP contribution is 2.29. The average molecular weight is 340 g/mol. The van der Waals surface area contributed by atoms with Crippen LogP contribution in [0.4, 0.5) is 14.9 Å². The maximum atomic E-state index is 14.6. The molecule has 3 rings (SSSR count). The quantitative estimate of drug-likeness (QED) is 0.434. The number of carbonyl (C=O) groups excluding carboxylic acids is 1. The highest BCUT2D eigenvalue weighted by molar-refractivity contribution is 5.90. The first-order chi connectivity index (χ1) is 12.1. The Labute approximate surface area is 144 Å². The van der Waals surface area contributed by atoms with E-state index in [1.54, 1.807) is 36.4 Å². The fourth-order valence-electron chi connectivity index (χ4n) is 2.75. The van der Waals surface area contributed by atoms with E-state index in [0.717, 1.165) is 12.0 Å². The molecule has 0 saturated carbocycles. The van der Waals surface area contributed by atoms with Gasteiger partial charge in [-0.2, -0.15) is 0 Å². The van der Waals surface area contributed by atoms with Crippen LogP contribution in [0.1, 0.15) is 18.9 Å². The molecule has 0 radical (unpaired) electrons. The zero-order chi connectivity index (χ0) is 17.8. The summed E-state index contributed by atoms with van der Waals surface area (Å²) in [5.74, 6) is -0.409. The van der Waals surface area contributed by atoms with Crippen molar-refractivity contribution in [3.8, 4) is 11.1 Å². The first-order valence-electron chi connectivity index (χ1n) is 8.00. The Bertz CT molecular complexity index is 831. The van der Waals surface area contributed by atoms with Crippen LogP contribution >= 0.6 is 0 Å². The van der Waals surface area contributed by atoms with E-state index in [2.05, 4.69) is 10.0 Å². The number of ether oxygens (including phenoxy) is 1. The van der Waals surface area contributed by atoms with Gasteiger partial charge in [0.15, 0.2) is 0 Å². The topological polar surface area (TPSA) is 78.3 Å². The summed E-state index contributed by atoms with van der Waals surface area (Å²) in [4.78, 5) is 16.0. The first-order valence-corrected chi connectivity index (χ1v) is 8.00. The molecule has 0 aliphatic carbocycles. The second kappa shape index (κ2) is 7.23. The summed E-state index contributed by atoms with van der Waals surface area (Å²) in [7, 11) is 0. The number of amides is 1. The van der Waals surface area contributed by atoms with Crippen LogP contribution in [0.2, 0.25) is 0 Å². The largest absolute Gasteiger partial charge is 0.444 e. The van der Waals surface area contributed by atoms with Gasteiger partial charge in [0, 0.05) is 10.5 Å². The smallest absolute Gasteiger partial charge is 0.414 e. The van der Waals surface area contributed by atoms with Crippen LogP contribution in [-0.4, -0.2) is 18.7 Å². The SMILES string of the molecule is CC[C@H]1CN(c2ccc(-c3ccc(CN=[N+]=[N-])cc3)c(F)c2)C(=O)O1. The number of nitrogens with zero attached hydrogens (tertiary/aromatic N) is 4. The van der Waals surface area contributed by atoms with Crippen molar-refractivity contribution in [1.29, 1.82) is 0 Å². The van der Waals surface area contributed by atoms with Crippen molar-refractivity contribution in [3.05, 3.63) is 64.3 Å². The second-order valence-corrected chi connectivity index (χ2v) is 5.77. The van der Waals surface area contributed by atoms with Gasteiger partial charge in [-0.1, -0.05) is 36.3 Å². The Morgan fingerprint density at radius 2 is 2.08 bits per heavy atom. The number of carbonyl (C=O) groups is 1. The molecular formula is C18H17FN4O2. The molecule has 2 aromatic rings. The summed E-state index contributed by atoms with van der Waals surface area (Å²) in [5, 5.41) is 3.50. The molecule has 1 atom stereocenters. The third-order valence-corrected chi connectivity index (χ3v) is 4.18. The molecule has 1 saturated heterocycles. The molecule has 6 nitrogen and oxygen atoms in total. The van der Waals surface area contributed by atoms with Gasteiger partial charge in [-0.05, 0) is 41.3 Å². The van der Waals surface area contributed by atoms with Crippen LogP contribution in [0.15, 0.2) is 47.6 Å². The highest BCUT2D eigenvalue weighted by Gasteiger charge is 2.31. The zero-order valence-corrected chi connectivity index (χ0v) is 13.7. The number of hydrogen-bond donors (Lipinski definition) is 0. The van der Waals surface area contributed by atoms with Gasteiger partial charge in [0.25, 0.3) is 0 Å². The molecule has 1 amide bonds. The molecule has 1 fully saturated rings. The summed E-state index contributed by atoms with van der Waals surface area (Å²) in [6.07, 6.45) is 0.130. The predicted molar refractivity (Wildman–Crippen MR) is 92.6 cm³/mol. The molecule has 1 heterocycles. The summed E-state index contributed by atoms with van der Waals surface area (Å²) < 4.78 is 19.8. The Balaban J connectivity index is 1.82. The third-order valence-electron chi connectivity index (χ3n) is 4.18. The van der Waals surface area contributed by atoms with Crippen LogP contribution in [0.5, 0.6) is 0 Å². The maximum absolute atomic E-state index is 14.6. The van der Waals surface area contributed by atoms with E-state index < -0.39 is 11.9 Å². The zero-order valence-electron chi connectivity index (χ0n) is 13.7. The summed E-state index contributed by atoms with van der Waals surface area (Å²) >= 11 is 0. The van der Waals surface area contributed by atoms with Crippen molar-refractivity contribution in [2.24, 2.45) is 5.11 Å². The molecule has 0 bridgehead atoms. The fraction of sp³-hybridized carbons (Fsp3) is 0.278. The molecular weight excluding hydrogens is 323 g/mol. The number of benzene rings is 2. The van der Waals surface area contributed by atoms with Gasteiger partial charge >= 0.3 is 6.09 Å². The third kappa shape index (κ3) is 3.56. The molecule has 1 aliphatic rings. The molecule has 7 heteroatoms. The van der Waals surface area contributed by atoms with Gasteiger partial charge in [0.2, 0.25) is 0 Å². The van der Waals surface area contributed by atoms with E-state index in [1.807, 2.05) is 6.92 Å². The van der Waals surface area contributed by atoms with Gasteiger partial charge in [-0.3, -0.25) is 4.90 Å².